The predicted octanol–water partition coefficient (Wildman–Crippen LogP) is 9.68. The molecular weight excluding hydrogens is 432 g/mol. The van der Waals surface area contributed by atoms with Crippen molar-refractivity contribution in [3.8, 4) is 11.1 Å². The molecule has 0 amide bonds. The summed E-state index contributed by atoms with van der Waals surface area (Å²) in [5.74, 6) is 3.46. The van der Waals surface area contributed by atoms with E-state index >= 15 is 0 Å². The fourth-order valence-corrected chi connectivity index (χ4v) is 8.50. The summed E-state index contributed by atoms with van der Waals surface area (Å²) in [6, 6.07) is 11.9. The maximum atomic E-state index is 4.57. The lowest BCUT2D eigenvalue weighted by Gasteiger charge is -2.30. The molecule has 0 heteroatoms. The third kappa shape index (κ3) is 3.79. The number of hydrogen-bond acceptors (Lipinski definition) is 0. The second-order valence-corrected chi connectivity index (χ2v) is 13.4. The molecule has 0 radical (unpaired) electrons. The molecule has 2 aromatic rings. The third-order valence-electron chi connectivity index (χ3n) is 10.6. The van der Waals surface area contributed by atoms with Gasteiger partial charge in [-0.15, -0.1) is 0 Å². The Morgan fingerprint density at radius 1 is 0.917 bits per heavy atom. The van der Waals surface area contributed by atoms with Crippen molar-refractivity contribution < 1.29 is 0 Å². The van der Waals surface area contributed by atoms with E-state index in [1.165, 1.54) is 76.6 Å². The molecule has 4 aliphatic carbocycles. The van der Waals surface area contributed by atoms with Gasteiger partial charge in [-0.3, -0.25) is 0 Å². The fourth-order valence-electron chi connectivity index (χ4n) is 8.50. The molecule has 0 aliphatic heterocycles. The molecule has 188 valence electrons. The second kappa shape index (κ2) is 8.61. The van der Waals surface area contributed by atoms with E-state index in [9.17, 15) is 0 Å². The molecular formula is C36H44. The number of aryl methyl sites for hydroxylation is 2. The van der Waals surface area contributed by atoms with Crippen LogP contribution in [0.25, 0.3) is 17.2 Å². The Labute approximate surface area is 219 Å². The molecule has 0 heterocycles. The van der Waals surface area contributed by atoms with Gasteiger partial charge in [0.25, 0.3) is 0 Å². The Morgan fingerprint density at radius 2 is 1.64 bits per heavy atom. The van der Waals surface area contributed by atoms with Crippen LogP contribution in [0.4, 0.5) is 0 Å². The van der Waals surface area contributed by atoms with E-state index in [1.54, 1.807) is 11.1 Å². The van der Waals surface area contributed by atoms with Crippen molar-refractivity contribution in [2.75, 3.05) is 0 Å². The predicted molar refractivity (Wildman–Crippen MR) is 155 cm³/mol. The van der Waals surface area contributed by atoms with E-state index in [4.69, 9.17) is 0 Å². The van der Waals surface area contributed by atoms with Crippen molar-refractivity contribution in [2.45, 2.75) is 79.6 Å². The van der Waals surface area contributed by atoms with E-state index in [0.29, 0.717) is 23.2 Å². The zero-order chi connectivity index (χ0) is 25.4. The first-order chi connectivity index (χ1) is 17.2. The van der Waals surface area contributed by atoms with Gasteiger partial charge < -0.3 is 0 Å². The van der Waals surface area contributed by atoms with E-state index < -0.39 is 0 Å². The summed E-state index contributed by atoms with van der Waals surface area (Å²) in [5.41, 5.74) is 15.2. The number of benzene rings is 2. The van der Waals surface area contributed by atoms with Gasteiger partial charge in [0.15, 0.2) is 0 Å². The minimum absolute atomic E-state index is 0.389. The van der Waals surface area contributed by atoms with Crippen LogP contribution in [0.1, 0.15) is 80.7 Å². The largest absolute Gasteiger partial charge is 0.0989 e. The second-order valence-electron chi connectivity index (χ2n) is 13.4. The number of rotatable bonds is 5. The molecule has 0 nitrogen and oxygen atoms in total. The van der Waals surface area contributed by atoms with Crippen molar-refractivity contribution in [1.82, 2.24) is 0 Å². The average molecular weight is 477 g/mol. The van der Waals surface area contributed by atoms with Gasteiger partial charge in [-0.2, -0.15) is 0 Å². The van der Waals surface area contributed by atoms with Crippen molar-refractivity contribution in [3.63, 3.8) is 0 Å². The molecule has 0 spiro atoms. The van der Waals surface area contributed by atoms with Crippen molar-refractivity contribution in [2.24, 2.45) is 35.0 Å². The van der Waals surface area contributed by atoms with E-state index in [-0.39, 0.29) is 0 Å². The Balaban J connectivity index is 1.29. The van der Waals surface area contributed by atoms with Crippen molar-refractivity contribution in [3.05, 3.63) is 88.0 Å². The van der Waals surface area contributed by atoms with Gasteiger partial charge in [-0.25, -0.2) is 0 Å². The quantitative estimate of drug-likeness (QED) is 0.377. The lowest BCUT2D eigenvalue weighted by atomic mass is 9.75. The summed E-state index contributed by atoms with van der Waals surface area (Å²) in [6.07, 6.45) is 11.5. The third-order valence-corrected chi connectivity index (χ3v) is 10.6. The minimum atomic E-state index is 0.389. The van der Waals surface area contributed by atoms with E-state index in [0.717, 1.165) is 24.7 Å². The maximum Gasteiger partial charge on any atom is 0.00454 e. The molecule has 6 rings (SSSR count). The smallest absolute Gasteiger partial charge is 0.00454 e. The van der Waals surface area contributed by atoms with Crippen LogP contribution < -0.4 is 0 Å². The van der Waals surface area contributed by atoms with E-state index in [2.05, 4.69) is 84.2 Å². The number of fused-ring (bicyclic) bond motifs is 2. The Kier molecular flexibility index (Phi) is 5.75. The normalized spacial score (nSPS) is 30.2. The molecule has 4 atom stereocenters. The Bertz CT molecular complexity index is 1260. The SMILES string of the molecule is C=C1C(CC2=Cc3cccc(-c4cc(C)cc(C)c4C[C@@H]4CCCC[C@@H]4C)c3C2)C(=C)C2C1C2(C)C. The first-order valence-corrected chi connectivity index (χ1v) is 14.5. The molecule has 3 fully saturated rings. The maximum absolute atomic E-state index is 4.57. The van der Waals surface area contributed by atoms with Crippen LogP contribution in [-0.2, 0) is 12.8 Å². The molecule has 0 bridgehead atoms. The molecule has 4 aliphatic rings. The van der Waals surface area contributed by atoms with Gasteiger partial charge in [-0.1, -0.05) is 112 Å². The molecule has 0 saturated heterocycles. The van der Waals surface area contributed by atoms with Crippen LogP contribution in [0.15, 0.2) is 60.2 Å². The van der Waals surface area contributed by atoms with Crippen LogP contribution in [0.5, 0.6) is 0 Å². The molecule has 0 N–H and O–H groups in total. The van der Waals surface area contributed by atoms with Gasteiger partial charge >= 0.3 is 0 Å². The highest BCUT2D eigenvalue weighted by atomic mass is 14.7. The summed E-state index contributed by atoms with van der Waals surface area (Å²) in [6.45, 7) is 21.0. The van der Waals surface area contributed by atoms with E-state index in [1.807, 2.05) is 0 Å². The van der Waals surface area contributed by atoms with Gasteiger partial charge in [0, 0.05) is 5.92 Å². The molecule has 3 saturated carbocycles. The Morgan fingerprint density at radius 3 is 2.36 bits per heavy atom. The highest BCUT2D eigenvalue weighted by Crippen LogP contribution is 2.72. The van der Waals surface area contributed by atoms with Crippen LogP contribution in [0.2, 0.25) is 0 Å². The standard InChI is InChI=1S/C36H44/c1-21-15-23(3)30(20-27-12-9-8-11-22(27)2)33(16-21)29-14-10-13-28-17-26(19-32(28)29)18-31-24(4)34-35(25(31)5)36(34,6)7/h10,13-17,22,27,31,34-35H,4-5,8-9,11-12,18-20H2,1-3,6-7H3/t22-,27-,31?,34?,35?/m0/s1. The first-order valence-electron chi connectivity index (χ1n) is 14.5. The molecule has 2 unspecified atom stereocenters. The van der Waals surface area contributed by atoms with Gasteiger partial charge in [-0.05, 0) is 102 Å². The monoisotopic (exact) mass is 476 g/mol. The number of allylic oxidation sites excluding steroid dienone is 3. The highest BCUT2D eigenvalue weighted by molar-refractivity contribution is 5.80. The molecule has 2 aromatic carbocycles. The number of hydrogen-bond donors (Lipinski definition) is 0. The van der Waals surface area contributed by atoms with Gasteiger partial charge in [0.05, 0.1) is 0 Å². The summed E-state index contributed by atoms with van der Waals surface area (Å²) >= 11 is 0. The molecule has 36 heavy (non-hydrogen) atoms. The summed E-state index contributed by atoms with van der Waals surface area (Å²) in [7, 11) is 0. The van der Waals surface area contributed by atoms with Crippen molar-refractivity contribution >= 4 is 6.08 Å². The summed E-state index contributed by atoms with van der Waals surface area (Å²) in [4.78, 5) is 0. The fraction of sp³-hybridized carbons (Fsp3) is 0.500. The lowest BCUT2D eigenvalue weighted by Crippen LogP contribution is -2.19. The van der Waals surface area contributed by atoms with Crippen LogP contribution in [0.3, 0.4) is 0 Å². The zero-order valence-corrected chi connectivity index (χ0v) is 23.2. The molecule has 0 aromatic heterocycles. The van der Waals surface area contributed by atoms with Gasteiger partial charge in [0.1, 0.15) is 0 Å². The first kappa shape index (κ1) is 24.0. The summed E-state index contributed by atoms with van der Waals surface area (Å²) < 4.78 is 0. The van der Waals surface area contributed by atoms with Crippen molar-refractivity contribution in [1.29, 1.82) is 0 Å². The van der Waals surface area contributed by atoms with Crippen LogP contribution in [0, 0.1) is 48.9 Å². The average Bonchev–Trinajstić information content (AvgIpc) is 3.08. The van der Waals surface area contributed by atoms with Gasteiger partial charge in [0.2, 0.25) is 0 Å². The Hall–Kier alpha value is -2.34. The highest BCUT2D eigenvalue weighted by Gasteiger charge is 2.65. The van der Waals surface area contributed by atoms with Crippen LogP contribution >= 0.6 is 0 Å². The minimum Gasteiger partial charge on any atom is -0.0989 e. The topological polar surface area (TPSA) is 0 Å². The summed E-state index contributed by atoms with van der Waals surface area (Å²) in [5, 5.41) is 0. The lowest BCUT2D eigenvalue weighted by molar-refractivity contribution is 0.254. The van der Waals surface area contributed by atoms with Crippen LogP contribution in [-0.4, -0.2) is 0 Å². The zero-order valence-electron chi connectivity index (χ0n) is 23.2.